The second-order valence-corrected chi connectivity index (χ2v) is 5.46. The molecule has 3 heterocycles. The topological polar surface area (TPSA) is 63.9 Å². The van der Waals surface area contributed by atoms with Crippen molar-refractivity contribution >= 4 is 5.91 Å². The molecule has 0 aromatic carbocycles. The lowest BCUT2D eigenvalue weighted by Gasteiger charge is -2.31. The lowest BCUT2D eigenvalue weighted by atomic mass is 9.91. The van der Waals surface area contributed by atoms with E-state index in [0.29, 0.717) is 5.92 Å². The average molecular weight is 297 g/mol. The lowest BCUT2D eigenvalue weighted by molar-refractivity contribution is -0.127. The van der Waals surface area contributed by atoms with Gasteiger partial charge in [-0.25, -0.2) is 9.97 Å². The van der Waals surface area contributed by atoms with Gasteiger partial charge in [0.05, 0.1) is 5.69 Å². The maximum Gasteiger partial charge on any atom is 0.245 e. The van der Waals surface area contributed by atoms with Crippen LogP contribution in [0.15, 0.2) is 37.4 Å². The van der Waals surface area contributed by atoms with Crippen molar-refractivity contribution in [2.24, 2.45) is 7.05 Å². The summed E-state index contributed by atoms with van der Waals surface area (Å²) in [5.41, 5.74) is 1.81. The fraction of sp³-hybridized carbons (Fsp3) is 0.375. The number of imidazole rings is 1. The molecule has 0 saturated carbocycles. The molecule has 0 spiro atoms. The molecule has 2 aromatic rings. The van der Waals surface area contributed by atoms with Crippen LogP contribution in [0.5, 0.6) is 0 Å². The van der Waals surface area contributed by atoms with E-state index in [1.54, 1.807) is 18.6 Å². The third-order valence-corrected chi connectivity index (χ3v) is 4.13. The van der Waals surface area contributed by atoms with Crippen LogP contribution in [0.4, 0.5) is 0 Å². The first kappa shape index (κ1) is 14.4. The molecule has 1 fully saturated rings. The highest BCUT2D eigenvalue weighted by Crippen LogP contribution is 2.31. The summed E-state index contributed by atoms with van der Waals surface area (Å²) in [5.74, 6) is 1.13. The van der Waals surface area contributed by atoms with Gasteiger partial charge in [0, 0.05) is 50.8 Å². The van der Waals surface area contributed by atoms with Gasteiger partial charge in [0.25, 0.3) is 0 Å². The van der Waals surface area contributed by atoms with E-state index in [-0.39, 0.29) is 5.91 Å². The Morgan fingerprint density at radius 2 is 1.95 bits per heavy atom. The summed E-state index contributed by atoms with van der Waals surface area (Å²) in [6.07, 6.45) is 10.2. The summed E-state index contributed by atoms with van der Waals surface area (Å²) >= 11 is 0. The monoisotopic (exact) mass is 297 g/mol. The van der Waals surface area contributed by atoms with Crippen LogP contribution in [-0.4, -0.2) is 43.4 Å². The first-order valence-electron chi connectivity index (χ1n) is 7.40. The molecule has 22 heavy (non-hydrogen) atoms. The normalized spacial score (nSPS) is 15.8. The average Bonchev–Trinajstić information content (AvgIpc) is 3.00. The molecule has 0 unspecified atom stereocenters. The van der Waals surface area contributed by atoms with Crippen molar-refractivity contribution in [2.45, 2.75) is 18.8 Å². The number of carbonyl (C=O) groups is 1. The Morgan fingerprint density at radius 3 is 2.59 bits per heavy atom. The molecule has 1 amide bonds. The van der Waals surface area contributed by atoms with E-state index in [0.717, 1.165) is 43.1 Å². The number of hydrogen-bond acceptors (Lipinski definition) is 4. The highest BCUT2D eigenvalue weighted by atomic mass is 16.2. The third kappa shape index (κ3) is 2.64. The van der Waals surface area contributed by atoms with Crippen molar-refractivity contribution in [3.8, 4) is 11.5 Å². The van der Waals surface area contributed by atoms with Gasteiger partial charge in [0.15, 0.2) is 5.82 Å². The van der Waals surface area contributed by atoms with Crippen molar-refractivity contribution in [1.82, 2.24) is 24.4 Å². The lowest BCUT2D eigenvalue weighted by Crippen LogP contribution is -2.37. The largest absolute Gasteiger partial charge is 0.339 e. The van der Waals surface area contributed by atoms with E-state index in [1.807, 2.05) is 22.7 Å². The zero-order valence-corrected chi connectivity index (χ0v) is 12.6. The SMILES string of the molecule is C=CC(=O)N1CCC(c2nccnc2-c2nccn2C)CC1. The second-order valence-electron chi connectivity index (χ2n) is 5.46. The molecule has 0 atom stereocenters. The van der Waals surface area contributed by atoms with Crippen molar-refractivity contribution < 1.29 is 4.79 Å². The molecule has 0 radical (unpaired) electrons. The summed E-state index contributed by atoms with van der Waals surface area (Å²) < 4.78 is 1.95. The molecular formula is C16H19N5O. The van der Waals surface area contributed by atoms with E-state index in [9.17, 15) is 4.79 Å². The van der Waals surface area contributed by atoms with E-state index >= 15 is 0 Å². The van der Waals surface area contributed by atoms with Gasteiger partial charge in [-0.3, -0.25) is 9.78 Å². The molecule has 3 rings (SSSR count). The smallest absolute Gasteiger partial charge is 0.245 e. The van der Waals surface area contributed by atoms with Crippen LogP contribution >= 0.6 is 0 Å². The minimum atomic E-state index is 0.00178. The summed E-state index contributed by atoms with van der Waals surface area (Å²) in [7, 11) is 1.95. The van der Waals surface area contributed by atoms with E-state index < -0.39 is 0 Å². The second kappa shape index (κ2) is 6.09. The van der Waals surface area contributed by atoms with Crippen LogP contribution in [0.1, 0.15) is 24.5 Å². The third-order valence-electron chi connectivity index (χ3n) is 4.13. The molecule has 1 saturated heterocycles. The zero-order valence-electron chi connectivity index (χ0n) is 12.6. The predicted octanol–water partition coefficient (Wildman–Crippen LogP) is 1.77. The molecule has 2 aromatic heterocycles. The van der Waals surface area contributed by atoms with Gasteiger partial charge >= 0.3 is 0 Å². The maximum absolute atomic E-state index is 11.7. The minimum absolute atomic E-state index is 0.00178. The number of aryl methyl sites for hydroxylation is 1. The molecule has 114 valence electrons. The van der Waals surface area contributed by atoms with E-state index in [4.69, 9.17) is 0 Å². The first-order chi connectivity index (χ1) is 10.7. The Bertz CT molecular complexity index is 685. The van der Waals surface area contributed by atoms with Crippen LogP contribution in [-0.2, 0) is 11.8 Å². The van der Waals surface area contributed by atoms with E-state index in [1.165, 1.54) is 6.08 Å². The number of rotatable bonds is 3. The fourth-order valence-corrected chi connectivity index (χ4v) is 2.92. The predicted molar refractivity (Wildman–Crippen MR) is 83.0 cm³/mol. The highest BCUT2D eigenvalue weighted by molar-refractivity contribution is 5.87. The summed E-state index contributed by atoms with van der Waals surface area (Å²) in [6.45, 7) is 5.00. The van der Waals surface area contributed by atoms with Gasteiger partial charge in [-0.1, -0.05) is 6.58 Å². The summed E-state index contributed by atoms with van der Waals surface area (Å²) in [5, 5.41) is 0. The van der Waals surface area contributed by atoms with Crippen molar-refractivity contribution in [3.63, 3.8) is 0 Å². The number of piperidine rings is 1. The van der Waals surface area contributed by atoms with Gasteiger partial charge in [-0.05, 0) is 18.9 Å². The standard InChI is InChI=1S/C16H19N5O/c1-3-13(22)21-9-4-12(5-10-21)14-15(18-7-6-17-14)16-19-8-11-20(16)2/h3,6-8,11-12H,1,4-5,9-10H2,2H3. The molecule has 1 aliphatic heterocycles. The van der Waals surface area contributed by atoms with Crippen LogP contribution in [0.3, 0.4) is 0 Å². The van der Waals surface area contributed by atoms with Crippen LogP contribution in [0.25, 0.3) is 11.5 Å². The summed E-state index contributed by atoms with van der Waals surface area (Å²) in [4.78, 5) is 26.9. The first-order valence-corrected chi connectivity index (χ1v) is 7.40. The minimum Gasteiger partial charge on any atom is -0.339 e. The zero-order chi connectivity index (χ0) is 15.5. The fourth-order valence-electron chi connectivity index (χ4n) is 2.92. The van der Waals surface area contributed by atoms with Gasteiger partial charge in [-0.15, -0.1) is 0 Å². The number of likely N-dealkylation sites (tertiary alicyclic amines) is 1. The molecule has 6 heteroatoms. The number of aromatic nitrogens is 4. The Hall–Kier alpha value is -2.50. The Balaban J connectivity index is 1.84. The Morgan fingerprint density at radius 1 is 1.23 bits per heavy atom. The van der Waals surface area contributed by atoms with Crippen LogP contribution < -0.4 is 0 Å². The van der Waals surface area contributed by atoms with Crippen LogP contribution in [0, 0.1) is 0 Å². The van der Waals surface area contributed by atoms with Crippen LogP contribution in [0.2, 0.25) is 0 Å². The van der Waals surface area contributed by atoms with Gasteiger partial charge in [-0.2, -0.15) is 0 Å². The maximum atomic E-state index is 11.7. The highest BCUT2D eigenvalue weighted by Gasteiger charge is 2.26. The number of amides is 1. The number of hydrogen-bond donors (Lipinski definition) is 0. The van der Waals surface area contributed by atoms with Crippen molar-refractivity contribution in [3.05, 3.63) is 43.1 Å². The molecular weight excluding hydrogens is 278 g/mol. The Kier molecular flexibility index (Phi) is 4.00. The molecule has 6 nitrogen and oxygen atoms in total. The van der Waals surface area contributed by atoms with E-state index in [2.05, 4.69) is 21.5 Å². The number of nitrogens with zero attached hydrogens (tertiary/aromatic N) is 5. The van der Waals surface area contributed by atoms with Crippen molar-refractivity contribution in [2.75, 3.05) is 13.1 Å². The molecule has 0 N–H and O–H groups in total. The molecule has 0 aliphatic carbocycles. The molecule has 0 bridgehead atoms. The van der Waals surface area contributed by atoms with Gasteiger partial charge in [0.2, 0.25) is 5.91 Å². The number of carbonyl (C=O) groups excluding carboxylic acids is 1. The quantitative estimate of drug-likeness (QED) is 0.810. The summed E-state index contributed by atoms with van der Waals surface area (Å²) in [6, 6.07) is 0. The van der Waals surface area contributed by atoms with Gasteiger partial charge in [0.1, 0.15) is 5.69 Å². The molecule has 1 aliphatic rings. The van der Waals surface area contributed by atoms with Gasteiger partial charge < -0.3 is 9.47 Å². The van der Waals surface area contributed by atoms with Crippen molar-refractivity contribution in [1.29, 1.82) is 0 Å². The Labute approximate surface area is 129 Å².